The zero-order chi connectivity index (χ0) is 14.5. The van der Waals surface area contributed by atoms with Crippen molar-refractivity contribution in [2.75, 3.05) is 6.54 Å². The van der Waals surface area contributed by atoms with Gasteiger partial charge < -0.3 is 5.32 Å². The van der Waals surface area contributed by atoms with Crippen molar-refractivity contribution >= 4 is 0 Å². The molecule has 0 aromatic carbocycles. The van der Waals surface area contributed by atoms with E-state index in [4.69, 9.17) is 0 Å². The number of rotatable bonds is 6. The van der Waals surface area contributed by atoms with Gasteiger partial charge in [-0.05, 0) is 51.4 Å². The number of aromatic nitrogens is 3. The van der Waals surface area contributed by atoms with E-state index in [1.165, 1.54) is 11.3 Å². The molecule has 0 aliphatic carbocycles. The van der Waals surface area contributed by atoms with Crippen LogP contribution in [0.15, 0.2) is 24.4 Å². The van der Waals surface area contributed by atoms with Gasteiger partial charge in [0.05, 0.1) is 17.4 Å². The fraction of sp³-hybridized carbons (Fsp3) is 0.500. The third-order valence-electron chi connectivity index (χ3n) is 3.39. The summed E-state index contributed by atoms with van der Waals surface area (Å²) >= 11 is 0. The smallest absolute Gasteiger partial charge is 0.0763 e. The number of aryl methyl sites for hydroxylation is 3. The van der Waals surface area contributed by atoms with Crippen LogP contribution in [0, 0.1) is 13.8 Å². The molecule has 2 aromatic heterocycles. The lowest BCUT2D eigenvalue weighted by Gasteiger charge is -2.20. The molecule has 2 rings (SSSR count). The van der Waals surface area contributed by atoms with E-state index in [9.17, 15) is 0 Å². The summed E-state index contributed by atoms with van der Waals surface area (Å²) in [4.78, 5) is 4.43. The van der Waals surface area contributed by atoms with Crippen LogP contribution < -0.4 is 5.32 Å². The predicted octanol–water partition coefficient (Wildman–Crippen LogP) is 3.00. The first-order chi connectivity index (χ1) is 9.65. The number of hydrogen-bond donors (Lipinski definition) is 1. The van der Waals surface area contributed by atoms with Gasteiger partial charge in [-0.3, -0.25) is 9.67 Å². The van der Waals surface area contributed by atoms with Crippen molar-refractivity contribution in [2.24, 2.45) is 0 Å². The third kappa shape index (κ3) is 3.25. The molecular formula is C16H24N4. The van der Waals surface area contributed by atoms with Crippen molar-refractivity contribution in [3.8, 4) is 0 Å². The van der Waals surface area contributed by atoms with Gasteiger partial charge in [-0.1, -0.05) is 13.0 Å². The molecule has 2 heterocycles. The molecule has 4 nitrogen and oxygen atoms in total. The summed E-state index contributed by atoms with van der Waals surface area (Å²) in [6, 6.07) is 6.54. The van der Waals surface area contributed by atoms with Crippen LogP contribution in [-0.2, 0) is 6.54 Å². The number of hydrogen-bond acceptors (Lipinski definition) is 3. The highest BCUT2D eigenvalue weighted by Gasteiger charge is 2.18. The molecule has 0 fully saturated rings. The van der Waals surface area contributed by atoms with Crippen LogP contribution in [-0.4, -0.2) is 21.3 Å². The van der Waals surface area contributed by atoms with Crippen LogP contribution in [0.4, 0.5) is 0 Å². The molecule has 20 heavy (non-hydrogen) atoms. The Hall–Kier alpha value is -1.68. The highest BCUT2D eigenvalue weighted by Crippen LogP contribution is 2.22. The standard InChI is InChI=1S/C16H24N4/c1-5-9-17-16(14-8-7-12(3)18-11-14)15-10-13(4)19-20(15)6-2/h7-8,10-11,16-17H,5-6,9H2,1-4H3. The Morgan fingerprint density at radius 3 is 2.60 bits per heavy atom. The van der Waals surface area contributed by atoms with E-state index >= 15 is 0 Å². The van der Waals surface area contributed by atoms with E-state index in [-0.39, 0.29) is 6.04 Å². The lowest BCUT2D eigenvalue weighted by atomic mass is 10.0. The minimum absolute atomic E-state index is 0.157. The van der Waals surface area contributed by atoms with Crippen LogP contribution in [0.1, 0.15) is 49.0 Å². The Labute approximate surface area is 121 Å². The number of nitrogens with one attached hydrogen (secondary N) is 1. The van der Waals surface area contributed by atoms with E-state index in [0.717, 1.165) is 30.9 Å². The summed E-state index contributed by atoms with van der Waals surface area (Å²) in [7, 11) is 0. The molecule has 0 aliphatic heterocycles. The zero-order valence-electron chi connectivity index (χ0n) is 12.8. The van der Waals surface area contributed by atoms with E-state index in [1.807, 2.05) is 20.0 Å². The maximum atomic E-state index is 4.56. The molecule has 1 N–H and O–H groups in total. The van der Waals surface area contributed by atoms with Crippen molar-refractivity contribution in [1.29, 1.82) is 0 Å². The molecule has 0 radical (unpaired) electrons. The lowest BCUT2D eigenvalue weighted by molar-refractivity contribution is 0.528. The van der Waals surface area contributed by atoms with Crippen molar-refractivity contribution in [1.82, 2.24) is 20.1 Å². The predicted molar refractivity (Wildman–Crippen MR) is 81.7 cm³/mol. The van der Waals surface area contributed by atoms with E-state index < -0.39 is 0 Å². The van der Waals surface area contributed by atoms with Crippen molar-refractivity contribution in [3.63, 3.8) is 0 Å². The van der Waals surface area contributed by atoms with Crippen molar-refractivity contribution in [3.05, 3.63) is 47.0 Å². The van der Waals surface area contributed by atoms with Crippen molar-refractivity contribution < 1.29 is 0 Å². The highest BCUT2D eigenvalue weighted by molar-refractivity contribution is 5.28. The molecule has 108 valence electrons. The second kappa shape index (κ2) is 6.66. The van der Waals surface area contributed by atoms with Crippen LogP contribution in [0.25, 0.3) is 0 Å². The second-order valence-electron chi connectivity index (χ2n) is 5.15. The molecule has 0 saturated heterocycles. The summed E-state index contributed by atoms with van der Waals surface area (Å²) in [6.07, 6.45) is 3.07. The Balaban J connectivity index is 2.38. The minimum Gasteiger partial charge on any atom is -0.305 e. The lowest BCUT2D eigenvalue weighted by Crippen LogP contribution is -2.26. The molecule has 1 unspecified atom stereocenters. The van der Waals surface area contributed by atoms with Gasteiger partial charge in [0.1, 0.15) is 0 Å². The minimum atomic E-state index is 0.157. The molecular weight excluding hydrogens is 248 g/mol. The van der Waals surface area contributed by atoms with E-state index in [1.54, 1.807) is 0 Å². The fourth-order valence-corrected chi connectivity index (χ4v) is 2.38. The van der Waals surface area contributed by atoms with E-state index in [0.29, 0.717) is 0 Å². The summed E-state index contributed by atoms with van der Waals surface area (Å²) in [5, 5.41) is 8.17. The first kappa shape index (κ1) is 14.7. The average Bonchev–Trinajstić information content (AvgIpc) is 2.82. The quantitative estimate of drug-likeness (QED) is 0.879. The zero-order valence-corrected chi connectivity index (χ0v) is 12.8. The van der Waals surface area contributed by atoms with Gasteiger partial charge in [0.25, 0.3) is 0 Å². The van der Waals surface area contributed by atoms with Gasteiger partial charge in [0.15, 0.2) is 0 Å². The number of pyridine rings is 1. The molecule has 0 amide bonds. The summed E-state index contributed by atoms with van der Waals surface area (Å²) in [5.41, 5.74) is 4.51. The van der Waals surface area contributed by atoms with Gasteiger partial charge in [-0.15, -0.1) is 0 Å². The number of nitrogens with zero attached hydrogens (tertiary/aromatic N) is 3. The van der Waals surface area contributed by atoms with Gasteiger partial charge >= 0.3 is 0 Å². The largest absolute Gasteiger partial charge is 0.305 e. The molecule has 2 aromatic rings. The Morgan fingerprint density at radius 2 is 2.00 bits per heavy atom. The molecule has 0 bridgehead atoms. The van der Waals surface area contributed by atoms with Gasteiger partial charge in [-0.2, -0.15) is 5.10 Å². The Kier molecular flexibility index (Phi) is 4.90. The molecule has 0 aliphatic rings. The third-order valence-corrected chi connectivity index (χ3v) is 3.39. The highest BCUT2D eigenvalue weighted by atomic mass is 15.3. The summed E-state index contributed by atoms with van der Waals surface area (Å²) in [6.45, 7) is 10.2. The fourth-order valence-electron chi connectivity index (χ4n) is 2.38. The van der Waals surface area contributed by atoms with Crippen molar-refractivity contribution in [2.45, 2.75) is 46.7 Å². The second-order valence-corrected chi connectivity index (χ2v) is 5.15. The monoisotopic (exact) mass is 272 g/mol. The van der Waals surface area contributed by atoms with Crippen LogP contribution in [0.3, 0.4) is 0 Å². The van der Waals surface area contributed by atoms with Crippen LogP contribution >= 0.6 is 0 Å². The first-order valence-corrected chi connectivity index (χ1v) is 7.36. The molecule has 0 spiro atoms. The summed E-state index contributed by atoms with van der Waals surface area (Å²) < 4.78 is 2.07. The van der Waals surface area contributed by atoms with Gasteiger partial charge in [-0.25, -0.2) is 0 Å². The first-order valence-electron chi connectivity index (χ1n) is 7.36. The van der Waals surface area contributed by atoms with Gasteiger partial charge in [0, 0.05) is 18.4 Å². The van der Waals surface area contributed by atoms with Gasteiger partial charge in [0.2, 0.25) is 0 Å². The Bertz CT molecular complexity index is 542. The Morgan fingerprint density at radius 1 is 1.20 bits per heavy atom. The SMILES string of the molecule is CCCNC(c1ccc(C)nc1)c1cc(C)nn1CC. The molecule has 4 heteroatoms. The average molecular weight is 272 g/mol. The normalized spacial score (nSPS) is 12.6. The summed E-state index contributed by atoms with van der Waals surface area (Å²) in [5.74, 6) is 0. The maximum absolute atomic E-state index is 4.56. The van der Waals surface area contributed by atoms with E-state index in [2.05, 4.69) is 52.1 Å². The molecule has 1 atom stereocenters. The maximum Gasteiger partial charge on any atom is 0.0763 e. The van der Waals surface area contributed by atoms with Crippen LogP contribution in [0.5, 0.6) is 0 Å². The molecule has 0 saturated carbocycles. The topological polar surface area (TPSA) is 42.7 Å². The van der Waals surface area contributed by atoms with Crippen LogP contribution in [0.2, 0.25) is 0 Å².